The maximum atomic E-state index is 12.8. The highest BCUT2D eigenvalue weighted by Gasteiger charge is 2.17. The van der Waals surface area contributed by atoms with Gasteiger partial charge in [-0.1, -0.05) is 18.5 Å². The van der Waals surface area contributed by atoms with E-state index in [4.69, 9.17) is 11.6 Å². The molecule has 1 aromatic carbocycles. The Kier molecular flexibility index (Phi) is 3.47. The van der Waals surface area contributed by atoms with Crippen molar-refractivity contribution in [1.82, 2.24) is 4.72 Å². The average molecular weight is 238 g/mol. The molecule has 0 saturated heterocycles. The van der Waals surface area contributed by atoms with Gasteiger partial charge in [-0.2, -0.15) is 0 Å². The van der Waals surface area contributed by atoms with E-state index in [0.29, 0.717) is 0 Å². The van der Waals surface area contributed by atoms with Crippen molar-refractivity contribution in [2.45, 2.75) is 11.8 Å². The highest BCUT2D eigenvalue weighted by atomic mass is 35.5. The summed E-state index contributed by atoms with van der Waals surface area (Å²) in [5.41, 5.74) is 0. The molecular weight excluding hydrogens is 229 g/mol. The summed E-state index contributed by atoms with van der Waals surface area (Å²) in [6.45, 7) is 1.86. The van der Waals surface area contributed by atoms with E-state index >= 15 is 0 Å². The fraction of sp³-hybridized carbons (Fsp3) is 0.250. The highest BCUT2D eigenvalue weighted by molar-refractivity contribution is 7.89. The molecule has 0 aliphatic heterocycles. The molecule has 0 bridgehead atoms. The topological polar surface area (TPSA) is 46.2 Å². The van der Waals surface area contributed by atoms with Crippen LogP contribution in [-0.2, 0) is 10.0 Å². The number of halogens is 2. The summed E-state index contributed by atoms with van der Waals surface area (Å²) in [6, 6.07) is 3.20. The number of sulfonamides is 1. The maximum absolute atomic E-state index is 12.8. The lowest BCUT2D eigenvalue weighted by Gasteiger charge is -2.05. The van der Waals surface area contributed by atoms with Crippen LogP contribution >= 0.6 is 11.6 Å². The second-order valence-electron chi connectivity index (χ2n) is 2.58. The van der Waals surface area contributed by atoms with Crippen LogP contribution in [0, 0.1) is 5.82 Å². The molecule has 0 saturated carbocycles. The molecule has 1 aromatic rings. The Hall–Kier alpha value is -0.650. The lowest BCUT2D eigenvalue weighted by molar-refractivity contribution is 0.580. The van der Waals surface area contributed by atoms with Crippen LogP contribution in [0.25, 0.3) is 0 Å². The van der Waals surface area contributed by atoms with E-state index in [9.17, 15) is 12.8 Å². The molecule has 1 rings (SSSR count). The van der Waals surface area contributed by atoms with E-state index in [0.717, 1.165) is 12.1 Å². The molecule has 0 radical (unpaired) electrons. The van der Waals surface area contributed by atoms with Gasteiger partial charge in [-0.05, 0) is 18.2 Å². The van der Waals surface area contributed by atoms with Crippen molar-refractivity contribution < 1.29 is 12.8 Å². The second kappa shape index (κ2) is 4.25. The number of nitrogens with one attached hydrogen (secondary N) is 1. The van der Waals surface area contributed by atoms with Crippen molar-refractivity contribution in [3.63, 3.8) is 0 Å². The number of hydrogen-bond acceptors (Lipinski definition) is 2. The zero-order chi connectivity index (χ0) is 10.8. The Bertz CT molecular complexity index is 433. The Morgan fingerprint density at radius 2 is 2.14 bits per heavy atom. The molecule has 14 heavy (non-hydrogen) atoms. The van der Waals surface area contributed by atoms with Crippen LogP contribution in [0.3, 0.4) is 0 Å². The van der Waals surface area contributed by atoms with Gasteiger partial charge in [-0.15, -0.1) is 0 Å². The summed E-state index contributed by atoms with van der Waals surface area (Å²) < 4.78 is 37.9. The first kappa shape index (κ1) is 11.4. The first-order valence-corrected chi connectivity index (χ1v) is 5.78. The number of rotatable bonds is 3. The first-order chi connectivity index (χ1) is 6.47. The monoisotopic (exact) mass is 237 g/mol. The van der Waals surface area contributed by atoms with Crippen molar-refractivity contribution in [2.75, 3.05) is 6.54 Å². The third kappa shape index (κ3) is 2.43. The molecule has 0 amide bonds. The minimum atomic E-state index is -3.69. The van der Waals surface area contributed by atoms with Crippen molar-refractivity contribution >= 4 is 21.6 Å². The van der Waals surface area contributed by atoms with Gasteiger partial charge in [0.25, 0.3) is 0 Å². The molecule has 78 valence electrons. The third-order valence-corrected chi connectivity index (χ3v) is 3.54. The van der Waals surface area contributed by atoms with Crippen LogP contribution in [0.1, 0.15) is 6.92 Å². The minimum Gasteiger partial charge on any atom is -0.211 e. The minimum absolute atomic E-state index is 0.00681. The second-order valence-corrected chi connectivity index (χ2v) is 4.72. The van der Waals surface area contributed by atoms with Crippen molar-refractivity contribution in [3.05, 3.63) is 29.0 Å². The van der Waals surface area contributed by atoms with Gasteiger partial charge in [0.2, 0.25) is 10.0 Å². The standard InChI is InChI=1S/C8H9ClFNO2S/c1-2-11-14(12,13)8-5-6(10)3-4-7(8)9/h3-5,11H,2H2,1H3. The summed E-state index contributed by atoms with van der Waals surface area (Å²) in [6.07, 6.45) is 0. The van der Waals surface area contributed by atoms with Crippen LogP contribution < -0.4 is 4.72 Å². The highest BCUT2D eigenvalue weighted by Crippen LogP contribution is 2.21. The first-order valence-electron chi connectivity index (χ1n) is 3.92. The van der Waals surface area contributed by atoms with Gasteiger partial charge in [0, 0.05) is 6.54 Å². The summed E-state index contributed by atoms with van der Waals surface area (Å²) in [4.78, 5) is -0.235. The van der Waals surface area contributed by atoms with E-state index < -0.39 is 15.8 Å². The Morgan fingerprint density at radius 1 is 1.50 bits per heavy atom. The zero-order valence-electron chi connectivity index (χ0n) is 7.42. The quantitative estimate of drug-likeness (QED) is 0.871. The van der Waals surface area contributed by atoms with E-state index in [1.54, 1.807) is 6.92 Å². The van der Waals surface area contributed by atoms with Crippen LogP contribution in [0.2, 0.25) is 5.02 Å². The molecule has 0 atom stereocenters. The third-order valence-electron chi connectivity index (χ3n) is 1.52. The van der Waals surface area contributed by atoms with Gasteiger partial charge < -0.3 is 0 Å². The normalized spacial score (nSPS) is 11.6. The van der Waals surface area contributed by atoms with E-state index in [-0.39, 0.29) is 16.5 Å². The SMILES string of the molecule is CCNS(=O)(=O)c1cc(F)ccc1Cl. The van der Waals surface area contributed by atoms with E-state index in [1.807, 2.05) is 0 Å². The van der Waals surface area contributed by atoms with Crippen molar-refractivity contribution in [2.24, 2.45) is 0 Å². The molecule has 0 aromatic heterocycles. The largest absolute Gasteiger partial charge is 0.242 e. The Morgan fingerprint density at radius 3 is 2.71 bits per heavy atom. The summed E-state index contributed by atoms with van der Waals surface area (Å²) in [5.74, 6) is -0.633. The fourth-order valence-electron chi connectivity index (χ4n) is 0.951. The van der Waals surface area contributed by atoms with E-state index in [1.165, 1.54) is 6.07 Å². The summed E-state index contributed by atoms with van der Waals surface area (Å²) in [5, 5.41) is 0.00681. The number of benzene rings is 1. The fourth-order valence-corrected chi connectivity index (χ4v) is 2.50. The van der Waals surface area contributed by atoms with Crippen LogP contribution in [0.15, 0.2) is 23.1 Å². The molecule has 0 aliphatic carbocycles. The molecule has 1 N–H and O–H groups in total. The predicted molar refractivity (Wildman–Crippen MR) is 52.3 cm³/mol. The van der Waals surface area contributed by atoms with Crippen molar-refractivity contribution in [1.29, 1.82) is 0 Å². The van der Waals surface area contributed by atoms with Gasteiger partial charge in [0.05, 0.1) is 5.02 Å². The molecule has 0 aliphatic rings. The summed E-state index contributed by atoms with van der Waals surface area (Å²) in [7, 11) is -3.69. The smallest absolute Gasteiger partial charge is 0.211 e. The Labute approximate surface area is 86.9 Å². The molecular formula is C8H9ClFNO2S. The molecule has 6 heteroatoms. The molecule has 0 heterocycles. The van der Waals surface area contributed by atoms with Crippen molar-refractivity contribution in [3.8, 4) is 0 Å². The van der Waals surface area contributed by atoms with Gasteiger partial charge in [0.1, 0.15) is 10.7 Å². The number of hydrogen-bond donors (Lipinski definition) is 1. The lowest BCUT2D eigenvalue weighted by atomic mass is 10.3. The van der Waals surface area contributed by atoms with Crippen LogP contribution in [-0.4, -0.2) is 15.0 Å². The molecule has 0 unspecified atom stereocenters. The van der Waals surface area contributed by atoms with E-state index in [2.05, 4.69) is 4.72 Å². The van der Waals surface area contributed by atoms with Gasteiger partial charge in [-0.25, -0.2) is 17.5 Å². The van der Waals surface area contributed by atoms with Gasteiger partial charge >= 0.3 is 0 Å². The molecule has 0 spiro atoms. The Balaban J connectivity index is 3.25. The van der Waals surface area contributed by atoms with Gasteiger partial charge in [0.15, 0.2) is 0 Å². The zero-order valence-corrected chi connectivity index (χ0v) is 8.99. The molecule has 3 nitrogen and oxygen atoms in total. The molecule has 0 fully saturated rings. The van der Waals surface area contributed by atoms with Crippen LogP contribution in [0.4, 0.5) is 4.39 Å². The van der Waals surface area contributed by atoms with Crippen LogP contribution in [0.5, 0.6) is 0 Å². The lowest BCUT2D eigenvalue weighted by Crippen LogP contribution is -2.23. The predicted octanol–water partition coefficient (Wildman–Crippen LogP) is 1.78. The van der Waals surface area contributed by atoms with Gasteiger partial charge in [-0.3, -0.25) is 0 Å². The maximum Gasteiger partial charge on any atom is 0.242 e. The average Bonchev–Trinajstić information content (AvgIpc) is 2.09. The summed E-state index contributed by atoms with van der Waals surface area (Å²) >= 11 is 5.63.